The Labute approximate surface area is 98.6 Å². The van der Waals surface area contributed by atoms with Gasteiger partial charge in [-0.15, -0.1) is 0 Å². The lowest BCUT2D eigenvalue weighted by Gasteiger charge is -2.31. The number of alkyl halides is 1. The van der Waals surface area contributed by atoms with Gasteiger partial charge < -0.3 is 5.32 Å². The molecule has 0 radical (unpaired) electrons. The molecular formula is C11H12Cl2FN. The Bertz CT molecular complexity index is 362. The molecule has 0 spiro atoms. The topological polar surface area (TPSA) is 12.0 Å². The molecule has 1 heterocycles. The highest BCUT2D eigenvalue weighted by atomic mass is 35.5. The molecule has 0 unspecified atom stereocenters. The van der Waals surface area contributed by atoms with Crippen LogP contribution in [0.1, 0.15) is 18.4 Å². The van der Waals surface area contributed by atoms with Gasteiger partial charge in [0, 0.05) is 5.56 Å². The maximum atomic E-state index is 14.6. The molecular weight excluding hydrogens is 236 g/mol. The van der Waals surface area contributed by atoms with Crippen LogP contribution < -0.4 is 5.32 Å². The molecule has 1 aromatic rings. The van der Waals surface area contributed by atoms with Crippen molar-refractivity contribution in [1.82, 2.24) is 5.32 Å². The minimum atomic E-state index is -1.33. The molecule has 0 amide bonds. The first kappa shape index (κ1) is 11.2. The van der Waals surface area contributed by atoms with Crippen molar-refractivity contribution in [3.63, 3.8) is 0 Å². The van der Waals surface area contributed by atoms with Gasteiger partial charge in [-0.2, -0.15) is 0 Å². The predicted octanol–water partition coefficient (Wildman–Crippen LogP) is 3.54. The van der Waals surface area contributed by atoms with Gasteiger partial charge in [0.15, 0.2) is 0 Å². The van der Waals surface area contributed by atoms with Gasteiger partial charge in [-0.05, 0) is 32.0 Å². The molecule has 0 aromatic heterocycles. The van der Waals surface area contributed by atoms with Crippen LogP contribution in [0.3, 0.4) is 0 Å². The SMILES string of the molecule is FC1(c2cccc(Cl)c2Cl)CCNCC1. The Hall–Kier alpha value is -0.310. The van der Waals surface area contributed by atoms with Crippen LogP contribution in [-0.4, -0.2) is 13.1 Å². The van der Waals surface area contributed by atoms with Gasteiger partial charge in [0.2, 0.25) is 0 Å². The van der Waals surface area contributed by atoms with E-state index in [2.05, 4.69) is 5.32 Å². The average Bonchev–Trinajstić information content (AvgIpc) is 2.23. The van der Waals surface area contributed by atoms with Gasteiger partial charge >= 0.3 is 0 Å². The summed E-state index contributed by atoms with van der Waals surface area (Å²) < 4.78 is 14.6. The number of nitrogens with one attached hydrogen (secondary N) is 1. The van der Waals surface area contributed by atoms with E-state index < -0.39 is 5.67 Å². The summed E-state index contributed by atoms with van der Waals surface area (Å²) in [5, 5.41) is 3.90. The maximum absolute atomic E-state index is 14.6. The number of benzene rings is 1. The lowest BCUT2D eigenvalue weighted by Crippen LogP contribution is -2.36. The molecule has 0 atom stereocenters. The zero-order valence-corrected chi connectivity index (χ0v) is 9.71. The quantitative estimate of drug-likeness (QED) is 0.801. The second-order valence-electron chi connectivity index (χ2n) is 3.82. The molecule has 0 aliphatic carbocycles. The van der Waals surface area contributed by atoms with Crippen molar-refractivity contribution in [3.8, 4) is 0 Å². The van der Waals surface area contributed by atoms with Crippen LogP contribution in [0.25, 0.3) is 0 Å². The van der Waals surface area contributed by atoms with Crippen molar-refractivity contribution in [1.29, 1.82) is 0 Å². The Balaban J connectivity index is 2.39. The van der Waals surface area contributed by atoms with Gasteiger partial charge in [-0.1, -0.05) is 35.3 Å². The smallest absolute Gasteiger partial charge is 0.139 e. The third kappa shape index (κ3) is 2.12. The van der Waals surface area contributed by atoms with Gasteiger partial charge in [0.25, 0.3) is 0 Å². The van der Waals surface area contributed by atoms with E-state index in [1.165, 1.54) is 0 Å². The molecule has 15 heavy (non-hydrogen) atoms. The van der Waals surface area contributed by atoms with Crippen LogP contribution in [0.2, 0.25) is 10.0 Å². The van der Waals surface area contributed by atoms with E-state index in [1.807, 2.05) is 0 Å². The summed E-state index contributed by atoms with van der Waals surface area (Å²) >= 11 is 11.9. The molecule has 1 nitrogen and oxygen atoms in total. The maximum Gasteiger partial charge on any atom is 0.139 e. The van der Waals surface area contributed by atoms with Gasteiger partial charge in [0.1, 0.15) is 5.67 Å². The van der Waals surface area contributed by atoms with E-state index in [1.54, 1.807) is 18.2 Å². The summed E-state index contributed by atoms with van der Waals surface area (Å²) in [6, 6.07) is 5.14. The Morgan fingerprint density at radius 1 is 1.20 bits per heavy atom. The Kier molecular flexibility index (Phi) is 3.19. The molecule has 82 valence electrons. The molecule has 2 rings (SSSR count). The largest absolute Gasteiger partial charge is 0.316 e. The lowest BCUT2D eigenvalue weighted by molar-refractivity contribution is 0.115. The van der Waals surface area contributed by atoms with Crippen molar-refractivity contribution in [2.24, 2.45) is 0 Å². The molecule has 1 aliphatic rings. The van der Waals surface area contributed by atoms with Gasteiger partial charge in [0.05, 0.1) is 10.0 Å². The third-order valence-corrected chi connectivity index (χ3v) is 3.65. The first-order chi connectivity index (χ1) is 7.13. The van der Waals surface area contributed by atoms with Crippen molar-refractivity contribution in [3.05, 3.63) is 33.8 Å². The molecule has 4 heteroatoms. The number of hydrogen-bond acceptors (Lipinski definition) is 1. The highest BCUT2D eigenvalue weighted by molar-refractivity contribution is 6.42. The van der Waals surface area contributed by atoms with E-state index in [-0.39, 0.29) is 0 Å². The number of halogens is 3. The second kappa shape index (κ2) is 4.28. The minimum absolute atomic E-state index is 0.351. The van der Waals surface area contributed by atoms with Gasteiger partial charge in [-0.25, -0.2) is 4.39 Å². The summed E-state index contributed by atoms with van der Waals surface area (Å²) in [7, 11) is 0. The van der Waals surface area contributed by atoms with E-state index >= 15 is 0 Å². The van der Waals surface area contributed by atoms with E-state index in [4.69, 9.17) is 23.2 Å². The van der Waals surface area contributed by atoms with Crippen LogP contribution in [0.15, 0.2) is 18.2 Å². The van der Waals surface area contributed by atoms with Crippen LogP contribution in [0.4, 0.5) is 4.39 Å². The standard InChI is InChI=1S/C11H12Cl2FN/c12-9-3-1-2-8(10(9)13)11(14)4-6-15-7-5-11/h1-3,15H,4-7H2. The number of rotatable bonds is 1. The van der Waals surface area contributed by atoms with Crippen LogP contribution in [0.5, 0.6) is 0 Å². The fraction of sp³-hybridized carbons (Fsp3) is 0.455. The minimum Gasteiger partial charge on any atom is -0.316 e. The van der Waals surface area contributed by atoms with Crippen LogP contribution >= 0.6 is 23.2 Å². The fourth-order valence-corrected chi connectivity index (χ4v) is 2.41. The van der Waals surface area contributed by atoms with Crippen molar-refractivity contribution >= 4 is 23.2 Å². The van der Waals surface area contributed by atoms with Crippen molar-refractivity contribution in [2.45, 2.75) is 18.5 Å². The second-order valence-corrected chi connectivity index (χ2v) is 4.60. The highest BCUT2D eigenvalue weighted by Crippen LogP contribution is 2.41. The lowest BCUT2D eigenvalue weighted by atomic mass is 9.87. The molecule has 1 aromatic carbocycles. The highest BCUT2D eigenvalue weighted by Gasteiger charge is 2.35. The molecule has 1 saturated heterocycles. The van der Waals surface area contributed by atoms with E-state index in [0.29, 0.717) is 41.5 Å². The van der Waals surface area contributed by atoms with Crippen molar-refractivity contribution < 1.29 is 4.39 Å². The zero-order valence-electron chi connectivity index (χ0n) is 8.19. The summed E-state index contributed by atoms with van der Waals surface area (Å²) in [6.45, 7) is 1.36. The van der Waals surface area contributed by atoms with E-state index in [0.717, 1.165) is 0 Å². The third-order valence-electron chi connectivity index (χ3n) is 2.83. The zero-order chi connectivity index (χ0) is 10.9. The van der Waals surface area contributed by atoms with Crippen molar-refractivity contribution in [2.75, 3.05) is 13.1 Å². The summed E-state index contributed by atoms with van der Waals surface area (Å²) in [4.78, 5) is 0. The Morgan fingerprint density at radius 3 is 2.53 bits per heavy atom. The molecule has 1 fully saturated rings. The van der Waals surface area contributed by atoms with E-state index in [9.17, 15) is 4.39 Å². The first-order valence-electron chi connectivity index (χ1n) is 4.98. The number of piperidine rings is 1. The molecule has 1 N–H and O–H groups in total. The average molecular weight is 248 g/mol. The van der Waals surface area contributed by atoms with Gasteiger partial charge in [-0.3, -0.25) is 0 Å². The molecule has 0 bridgehead atoms. The first-order valence-corrected chi connectivity index (χ1v) is 5.73. The summed E-state index contributed by atoms with van der Waals surface area (Å²) in [6.07, 6.45) is 0.903. The Morgan fingerprint density at radius 2 is 1.87 bits per heavy atom. The number of hydrogen-bond donors (Lipinski definition) is 1. The summed E-state index contributed by atoms with van der Waals surface area (Å²) in [5.74, 6) is 0. The molecule has 1 aliphatic heterocycles. The van der Waals surface area contributed by atoms with Crippen LogP contribution in [0, 0.1) is 0 Å². The monoisotopic (exact) mass is 247 g/mol. The molecule has 0 saturated carbocycles. The normalized spacial score (nSPS) is 20.2. The predicted molar refractivity (Wildman–Crippen MR) is 61.4 cm³/mol. The fourth-order valence-electron chi connectivity index (χ4n) is 1.94. The summed E-state index contributed by atoms with van der Waals surface area (Å²) in [5.41, 5.74) is -0.800. The van der Waals surface area contributed by atoms with Crippen LogP contribution in [-0.2, 0) is 5.67 Å².